The molecule has 0 amide bonds. The molecule has 1 aliphatic rings. The first-order chi connectivity index (χ1) is 9.16. The van der Waals surface area contributed by atoms with Crippen LogP contribution in [0.1, 0.15) is 32.6 Å². The number of aromatic nitrogens is 2. The van der Waals surface area contributed by atoms with Crippen LogP contribution < -0.4 is 10.6 Å². The Balaban J connectivity index is 1.92. The third kappa shape index (κ3) is 3.35. The molecule has 0 aliphatic heterocycles. The Morgan fingerprint density at radius 2 is 1.89 bits per heavy atom. The van der Waals surface area contributed by atoms with E-state index in [4.69, 9.17) is 0 Å². The minimum atomic E-state index is 0.308. The van der Waals surface area contributed by atoms with E-state index in [2.05, 4.69) is 46.5 Å². The van der Waals surface area contributed by atoms with Gasteiger partial charge in [-0.15, -0.1) is 0 Å². The molecule has 0 spiro atoms. The summed E-state index contributed by atoms with van der Waals surface area (Å²) < 4.78 is 0. The summed E-state index contributed by atoms with van der Waals surface area (Å²) in [6, 6.07) is 1.98. The fourth-order valence-electron chi connectivity index (χ4n) is 2.43. The molecule has 1 heterocycles. The van der Waals surface area contributed by atoms with Crippen LogP contribution in [-0.4, -0.2) is 47.6 Å². The minimum Gasteiger partial charge on any atom is -0.370 e. The summed E-state index contributed by atoms with van der Waals surface area (Å²) in [6.45, 7) is 4.03. The van der Waals surface area contributed by atoms with Crippen molar-refractivity contribution in [2.75, 3.05) is 37.8 Å². The Morgan fingerprint density at radius 3 is 2.42 bits per heavy atom. The highest BCUT2D eigenvalue weighted by Crippen LogP contribution is 2.36. The van der Waals surface area contributed by atoms with Gasteiger partial charge in [0.1, 0.15) is 18.0 Å². The molecular formula is C14H25N5. The second kappa shape index (κ2) is 6.19. The molecule has 0 unspecified atom stereocenters. The predicted molar refractivity (Wildman–Crippen MR) is 79.6 cm³/mol. The van der Waals surface area contributed by atoms with Gasteiger partial charge in [0.15, 0.2) is 0 Å². The standard InChI is InChI=1S/C14H25N5/c1-4-8-15-12-9-13(18-11-17-12)16-10-14(19(2)3)6-5-7-14/h9,11H,4-8,10H2,1-3H3,(H2,15,16,17,18). The lowest BCUT2D eigenvalue weighted by atomic mass is 9.75. The van der Waals surface area contributed by atoms with Crippen LogP contribution in [0.5, 0.6) is 0 Å². The lowest BCUT2D eigenvalue weighted by Crippen LogP contribution is -2.54. The SMILES string of the molecule is CCCNc1cc(NCC2(N(C)C)CCC2)ncn1. The highest BCUT2D eigenvalue weighted by Gasteiger charge is 2.38. The van der Waals surface area contributed by atoms with Crippen molar-refractivity contribution in [2.45, 2.75) is 38.1 Å². The number of nitrogens with zero attached hydrogens (tertiary/aromatic N) is 3. The summed E-state index contributed by atoms with van der Waals surface area (Å²) in [5, 5.41) is 6.73. The van der Waals surface area contributed by atoms with Crippen molar-refractivity contribution in [2.24, 2.45) is 0 Å². The molecular weight excluding hydrogens is 238 g/mol. The average Bonchev–Trinajstić information content (AvgIpc) is 2.35. The van der Waals surface area contributed by atoms with Crippen LogP contribution in [0.4, 0.5) is 11.6 Å². The first kappa shape index (κ1) is 14.1. The van der Waals surface area contributed by atoms with E-state index in [1.165, 1.54) is 19.3 Å². The highest BCUT2D eigenvalue weighted by molar-refractivity contribution is 5.46. The zero-order valence-corrected chi connectivity index (χ0v) is 12.2. The fraction of sp³-hybridized carbons (Fsp3) is 0.714. The third-order valence-corrected chi connectivity index (χ3v) is 4.05. The second-order valence-corrected chi connectivity index (χ2v) is 5.54. The molecule has 19 heavy (non-hydrogen) atoms. The lowest BCUT2D eigenvalue weighted by Gasteiger charge is -2.47. The Kier molecular flexibility index (Phi) is 4.58. The van der Waals surface area contributed by atoms with E-state index in [1.807, 2.05) is 6.07 Å². The van der Waals surface area contributed by atoms with Crippen LogP contribution in [0.15, 0.2) is 12.4 Å². The molecule has 0 radical (unpaired) electrons. The molecule has 2 N–H and O–H groups in total. The zero-order valence-electron chi connectivity index (χ0n) is 12.2. The van der Waals surface area contributed by atoms with Gasteiger partial charge in [-0.05, 0) is 39.8 Å². The van der Waals surface area contributed by atoms with Gasteiger partial charge < -0.3 is 15.5 Å². The van der Waals surface area contributed by atoms with E-state index < -0.39 is 0 Å². The van der Waals surface area contributed by atoms with Crippen molar-refractivity contribution >= 4 is 11.6 Å². The van der Waals surface area contributed by atoms with Gasteiger partial charge in [0.25, 0.3) is 0 Å². The van der Waals surface area contributed by atoms with E-state index in [-0.39, 0.29) is 0 Å². The molecule has 1 aliphatic carbocycles. The summed E-state index contributed by atoms with van der Waals surface area (Å²) in [4.78, 5) is 10.8. The zero-order chi connectivity index (χ0) is 13.7. The predicted octanol–water partition coefficient (Wildman–Crippen LogP) is 2.19. The average molecular weight is 263 g/mol. The van der Waals surface area contributed by atoms with Crippen LogP contribution in [0.25, 0.3) is 0 Å². The molecule has 0 aromatic carbocycles. The maximum absolute atomic E-state index is 4.29. The van der Waals surface area contributed by atoms with Gasteiger partial charge >= 0.3 is 0 Å². The Bertz CT molecular complexity index is 401. The number of hydrogen-bond acceptors (Lipinski definition) is 5. The van der Waals surface area contributed by atoms with Gasteiger partial charge in [-0.25, -0.2) is 9.97 Å². The molecule has 1 aromatic rings. The number of hydrogen-bond donors (Lipinski definition) is 2. The normalized spacial score (nSPS) is 17.1. The third-order valence-electron chi connectivity index (χ3n) is 4.05. The quantitative estimate of drug-likeness (QED) is 0.790. The van der Waals surface area contributed by atoms with Gasteiger partial charge in [-0.3, -0.25) is 0 Å². The van der Waals surface area contributed by atoms with Crippen molar-refractivity contribution < 1.29 is 0 Å². The largest absolute Gasteiger partial charge is 0.370 e. The molecule has 0 bridgehead atoms. The monoisotopic (exact) mass is 263 g/mol. The van der Waals surface area contributed by atoms with Gasteiger partial charge in [0, 0.05) is 24.7 Å². The van der Waals surface area contributed by atoms with Gasteiger partial charge in [-0.1, -0.05) is 6.92 Å². The number of rotatable bonds is 7. The van der Waals surface area contributed by atoms with Crippen LogP contribution in [-0.2, 0) is 0 Å². The first-order valence-corrected chi connectivity index (χ1v) is 7.13. The smallest absolute Gasteiger partial charge is 0.131 e. The Hall–Kier alpha value is -1.36. The molecule has 1 fully saturated rings. The van der Waals surface area contributed by atoms with E-state index in [1.54, 1.807) is 6.33 Å². The number of anilines is 2. The van der Waals surface area contributed by atoms with Gasteiger partial charge in [-0.2, -0.15) is 0 Å². The summed E-state index contributed by atoms with van der Waals surface area (Å²) in [5.41, 5.74) is 0.308. The number of likely N-dealkylation sites (N-methyl/N-ethyl adjacent to an activating group) is 1. The van der Waals surface area contributed by atoms with E-state index >= 15 is 0 Å². The minimum absolute atomic E-state index is 0.308. The summed E-state index contributed by atoms with van der Waals surface area (Å²) in [5.74, 6) is 1.80. The van der Waals surface area contributed by atoms with Gasteiger partial charge in [0.2, 0.25) is 0 Å². The maximum Gasteiger partial charge on any atom is 0.131 e. The van der Waals surface area contributed by atoms with E-state index in [0.29, 0.717) is 5.54 Å². The van der Waals surface area contributed by atoms with Crippen molar-refractivity contribution in [1.82, 2.24) is 14.9 Å². The molecule has 0 atom stereocenters. The maximum atomic E-state index is 4.29. The van der Waals surface area contributed by atoms with E-state index in [0.717, 1.165) is 31.1 Å². The molecule has 5 heteroatoms. The summed E-state index contributed by atoms with van der Waals surface area (Å²) in [7, 11) is 4.32. The van der Waals surface area contributed by atoms with E-state index in [9.17, 15) is 0 Å². The number of nitrogens with one attached hydrogen (secondary N) is 2. The topological polar surface area (TPSA) is 53.1 Å². The first-order valence-electron chi connectivity index (χ1n) is 7.13. The van der Waals surface area contributed by atoms with Crippen molar-refractivity contribution in [3.8, 4) is 0 Å². The van der Waals surface area contributed by atoms with Crippen molar-refractivity contribution in [3.63, 3.8) is 0 Å². The van der Waals surface area contributed by atoms with Crippen LogP contribution >= 0.6 is 0 Å². The highest BCUT2D eigenvalue weighted by atomic mass is 15.2. The Morgan fingerprint density at radius 1 is 1.21 bits per heavy atom. The molecule has 106 valence electrons. The van der Waals surface area contributed by atoms with Crippen LogP contribution in [0, 0.1) is 0 Å². The van der Waals surface area contributed by atoms with Crippen LogP contribution in [0.3, 0.4) is 0 Å². The Labute approximate surface area is 115 Å². The van der Waals surface area contributed by atoms with Crippen molar-refractivity contribution in [1.29, 1.82) is 0 Å². The molecule has 0 saturated heterocycles. The molecule has 1 aromatic heterocycles. The molecule has 1 saturated carbocycles. The summed E-state index contributed by atoms with van der Waals surface area (Å²) in [6.07, 6.45) is 6.56. The fourth-order valence-corrected chi connectivity index (χ4v) is 2.43. The van der Waals surface area contributed by atoms with Crippen LogP contribution in [0.2, 0.25) is 0 Å². The second-order valence-electron chi connectivity index (χ2n) is 5.54. The lowest BCUT2D eigenvalue weighted by molar-refractivity contribution is 0.0738. The van der Waals surface area contributed by atoms with Crippen molar-refractivity contribution in [3.05, 3.63) is 12.4 Å². The molecule has 2 rings (SSSR count). The summed E-state index contributed by atoms with van der Waals surface area (Å²) >= 11 is 0. The van der Waals surface area contributed by atoms with Gasteiger partial charge in [0.05, 0.1) is 0 Å². The molecule has 5 nitrogen and oxygen atoms in total.